The van der Waals surface area contributed by atoms with Crippen LogP contribution in [0.5, 0.6) is 0 Å². The van der Waals surface area contributed by atoms with Crippen molar-refractivity contribution in [2.45, 2.75) is 52.1 Å². The summed E-state index contributed by atoms with van der Waals surface area (Å²) in [5.41, 5.74) is 4.94. The van der Waals surface area contributed by atoms with Gasteiger partial charge in [-0.25, -0.2) is 15.0 Å². The second-order valence-corrected chi connectivity index (χ2v) is 6.69. The van der Waals surface area contributed by atoms with Crippen LogP contribution >= 0.6 is 0 Å². The van der Waals surface area contributed by atoms with Gasteiger partial charge in [0, 0.05) is 55.6 Å². The monoisotopic (exact) mass is 297 g/mol. The molecule has 4 rings (SSSR count). The van der Waals surface area contributed by atoms with Gasteiger partial charge in [-0.3, -0.25) is 4.90 Å². The summed E-state index contributed by atoms with van der Waals surface area (Å²) in [4.78, 5) is 16.5. The Morgan fingerprint density at radius 3 is 2.73 bits per heavy atom. The van der Waals surface area contributed by atoms with Gasteiger partial charge >= 0.3 is 0 Å². The molecule has 5 nitrogen and oxygen atoms in total. The Morgan fingerprint density at radius 1 is 1.23 bits per heavy atom. The summed E-state index contributed by atoms with van der Waals surface area (Å²) in [6, 6.07) is 0. The second kappa shape index (κ2) is 5.16. The van der Waals surface area contributed by atoms with E-state index < -0.39 is 0 Å². The lowest BCUT2D eigenvalue weighted by molar-refractivity contribution is 0.234. The fraction of sp³-hybridized carbons (Fsp3) is 0.588. The highest BCUT2D eigenvalue weighted by Gasteiger charge is 2.28. The van der Waals surface area contributed by atoms with Crippen LogP contribution in [0.3, 0.4) is 0 Å². The van der Waals surface area contributed by atoms with E-state index in [1.165, 1.54) is 29.8 Å². The zero-order valence-electron chi connectivity index (χ0n) is 13.6. The van der Waals surface area contributed by atoms with Crippen molar-refractivity contribution >= 4 is 0 Å². The zero-order chi connectivity index (χ0) is 15.3. The third-order valence-electron chi connectivity index (χ3n) is 5.05. The van der Waals surface area contributed by atoms with Crippen LogP contribution in [0, 0.1) is 13.8 Å². The Bertz CT molecular complexity index is 714. The lowest BCUT2D eigenvalue weighted by Crippen LogP contribution is -2.32. The molecule has 0 aromatic carbocycles. The van der Waals surface area contributed by atoms with Crippen molar-refractivity contribution in [1.82, 2.24) is 24.4 Å². The number of fused-ring (bicyclic) bond motifs is 1. The van der Waals surface area contributed by atoms with E-state index in [0.717, 1.165) is 43.4 Å². The molecule has 0 N–H and O–H groups in total. The smallest absolute Gasteiger partial charge is 0.131 e. The van der Waals surface area contributed by atoms with Crippen LogP contribution in [0.1, 0.15) is 53.1 Å². The van der Waals surface area contributed by atoms with Gasteiger partial charge in [-0.1, -0.05) is 0 Å². The summed E-state index contributed by atoms with van der Waals surface area (Å²) in [6.07, 6.45) is 5.61. The van der Waals surface area contributed by atoms with E-state index >= 15 is 0 Å². The number of nitrogens with zero attached hydrogens (tertiary/aromatic N) is 5. The van der Waals surface area contributed by atoms with Crippen LogP contribution in [0.25, 0.3) is 0 Å². The van der Waals surface area contributed by atoms with Crippen LogP contribution in [-0.2, 0) is 26.6 Å². The van der Waals surface area contributed by atoms with Gasteiger partial charge in [-0.2, -0.15) is 0 Å². The Morgan fingerprint density at radius 2 is 2.05 bits per heavy atom. The number of hydrogen-bond donors (Lipinski definition) is 0. The molecule has 0 spiro atoms. The first-order valence-electron chi connectivity index (χ1n) is 8.17. The van der Waals surface area contributed by atoms with Gasteiger partial charge in [0.1, 0.15) is 11.6 Å². The molecule has 0 unspecified atom stereocenters. The maximum atomic E-state index is 4.79. The molecule has 3 heterocycles. The predicted octanol–water partition coefficient (Wildman–Crippen LogP) is 2.26. The average molecular weight is 297 g/mol. The molecule has 1 fully saturated rings. The van der Waals surface area contributed by atoms with Crippen LogP contribution in [-0.4, -0.2) is 31.0 Å². The zero-order valence-corrected chi connectivity index (χ0v) is 13.6. The molecule has 0 saturated heterocycles. The summed E-state index contributed by atoms with van der Waals surface area (Å²) in [5.74, 6) is 2.86. The standard InChI is InChI=1S/C17H23N5/c1-11-12(2)21(3)16(19-11)10-22-7-6-15-14(9-22)8-18-17(20-15)13-4-5-13/h8,13H,4-7,9-10H2,1-3H3. The van der Waals surface area contributed by atoms with E-state index in [2.05, 4.69) is 41.5 Å². The van der Waals surface area contributed by atoms with Gasteiger partial charge < -0.3 is 4.57 Å². The summed E-state index contributed by atoms with van der Waals surface area (Å²) in [7, 11) is 2.10. The number of aryl methyl sites for hydroxylation is 1. The number of imidazole rings is 1. The number of hydrogen-bond acceptors (Lipinski definition) is 4. The van der Waals surface area contributed by atoms with E-state index in [1.807, 2.05) is 0 Å². The third kappa shape index (κ3) is 2.43. The number of aromatic nitrogens is 4. The topological polar surface area (TPSA) is 46.8 Å². The minimum absolute atomic E-state index is 0.641. The Hall–Kier alpha value is -1.75. The van der Waals surface area contributed by atoms with E-state index in [0.29, 0.717) is 5.92 Å². The lowest BCUT2D eigenvalue weighted by atomic mass is 10.1. The van der Waals surface area contributed by atoms with E-state index in [1.54, 1.807) is 0 Å². The highest BCUT2D eigenvalue weighted by molar-refractivity contribution is 5.23. The van der Waals surface area contributed by atoms with Crippen LogP contribution in [0.4, 0.5) is 0 Å². The van der Waals surface area contributed by atoms with Crippen molar-refractivity contribution in [2.75, 3.05) is 6.54 Å². The van der Waals surface area contributed by atoms with Crippen molar-refractivity contribution in [2.24, 2.45) is 7.05 Å². The molecule has 116 valence electrons. The average Bonchev–Trinajstić information content (AvgIpc) is 3.33. The molecule has 0 atom stereocenters. The minimum Gasteiger partial charge on any atom is -0.334 e. The molecule has 1 saturated carbocycles. The van der Waals surface area contributed by atoms with Crippen molar-refractivity contribution in [3.05, 3.63) is 40.5 Å². The normalized spacial score (nSPS) is 18.5. The summed E-state index contributed by atoms with van der Waals surface area (Å²) >= 11 is 0. The SMILES string of the molecule is Cc1nc(CN2CCc3nc(C4CC4)ncc3C2)n(C)c1C. The molecular formula is C17H23N5. The fourth-order valence-corrected chi connectivity index (χ4v) is 3.19. The third-order valence-corrected chi connectivity index (χ3v) is 5.05. The minimum atomic E-state index is 0.641. The van der Waals surface area contributed by atoms with Gasteiger partial charge in [-0.15, -0.1) is 0 Å². The van der Waals surface area contributed by atoms with Crippen molar-refractivity contribution < 1.29 is 0 Å². The molecule has 0 radical (unpaired) electrons. The van der Waals surface area contributed by atoms with Crippen LogP contribution < -0.4 is 0 Å². The molecule has 0 bridgehead atoms. The number of rotatable bonds is 3. The van der Waals surface area contributed by atoms with Crippen molar-refractivity contribution in [3.63, 3.8) is 0 Å². The summed E-state index contributed by atoms with van der Waals surface area (Å²) in [5, 5.41) is 0. The summed E-state index contributed by atoms with van der Waals surface area (Å²) < 4.78 is 2.21. The second-order valence-electron chi connectivity index (χ2n) is 6.69. The quantitative estimate of drug-likeness (QED) is 0.872. The maximum absolute atomic E-state index is 4.79. The van der Waals surface area contributed by atoms with Gasteiger partial charge in [0.25, 0.3) is 0 Å². The molecule has 2 aliphatic rings. The first-order chi connectivity index (χ1) is 10.6. The van der Waals surface area contributed by atoms with Crippen LogP contribution in [0.2, 0.25) is 0 Å². The van der Waals surface area contributed by atoms with Crippen LogP contribution in [0.15, 0.2) is 6.20 Å². The molecular weight excluding hydrogens is 274 g/mol. The van der Waals surface area contributed by atoms with E-state index in [-0.39, 0.29) is 0 Å². The first-order valence-corrected chi connectivity index (χ1v) is 8.17. The molecule has 2 aromatic rings. The fourth-order valence-electron chi connectivity index (χ4n) is 3.19. The first kappa shape index (κ1) is 13.9. The van der Waals surface area contributed by atoms with Crippen molar-refractivity contribution in [1.29, 1.82) is 0 Å². The van der Waals surface area contributed by atoms with E-state index in [4.69, 9.17) is 9.97 Å². The predicted molar refractivity (Wildman–Crippen MR) is 84.5 cm³/mol. The molecule has 0 amide bonds. The Kier molecular flexibility index (Phi) is 3.26. The van der Waals surface area contributed by atoms with Gasteiger partial charge in [0.2, 0.25) is 0 Å². The highest BCUT2D eigenvalue weighted by atomic mass is 15.2. The molecule has 2 aromatic heterocycles. The molecule has 22 heavy (non-hydrogen) atoms. The van der Waals surface area contributed by atoms with E-state index in [9.17, 15) is 0 Å². The molecule has 5 heteroatoms. The summed E-state index contributed by atoms with van der Waals surface area (Å²) in [6.45, 7) is 7.10. The molecule has 1 aliphatic heterocycles. The van der Waals surface area contributed by atoms with Gasteiger partial charge in [-0.05, 0) is 26.7 Å². The Balaban J connectivity index is 1.50. The van der Waals surface area contributed by atoms with Gasteiger partial charge in [0.15, 0.2) is 0 Å². The van der Waals surface area contributed by atoms with Crippen molar-refractivity contribution in [3.8, 4) is 0 Å². The largest absolute Gasteiger partial charge is 0.334 e. The highest BCUT2D eigenvalue weighted by Crippen LogP contribution is 2.38. The lowest BCUT2D eigenvalue weighted by Gasteiger charge is -2.27. The maximum Gasteiger partial charge on any atom is 0.131 e. The molecule has 1 aliphatic carbocycles. The van der Waals surface area contributed by atoms with Gasteiger partial charge in [0.05, 0.1) is 12.2 Å². The Labute approximate surface area is 131 Å².